The minimum Gasteiger partial charge on any atom is -0.393 e. The molecule has 2 rings (SSSR count). The number of nitrogens with zero attached hydrogens (tertiary/aromatic N) is 1. The van der Waals surface area contributed by atoms with Crippen molar-refractivity contribution < 1.29 is 9.90 Å². The average Bonchev–Trinajstić information content (AvgIpc) is 2.96. The first-order valence-corrected chi connectivity index (χ1v) is 7.58. The molecule has 0 bridgehead atoms. The second-order valence-electron chi connectivity index (χ2n) is 6.22. The van der Waals surface area contributed by atoms with E-state index in [1.165, 1.54) is 12.8 Å². The second kappa shape index (κ2) is 5.60. The highest BCUT2D eigenvalue weighted by Crippen LogP contribution is 2.43. The van der Waals surface area contributed by atoms with Gasteiger partial charge in [-0.05, 0) is 45.4 Å². The Balaban J connectivity index is 2.07. The van der Waals surface area contributed by atoms with Crippen LogP contribution >= 0.6 is 0 Å². The molecule has 0 aromatic rings. The van der Waals surface area contributed by atoms with Gasteiger partial charge < -0.3 is 10.0 Å². The van der Waals surface area contributed by atoms with E-state index in [0.29, 0.717) is 5.91 Å². The molecule has 1 amide bonds. The van der Waals surface area contributed by atoms with Crippen molar-refractivity contribution in [1.82, 2.24) is 4.90 Å². The van der Waals surface area contributed by atoms with Gasteiger partial charge in [-0.15, -0.1) is 0 Å². The van der Waals surface area contributed by atoms with E-state index in [1.54, 1.807) is 0 Å². The fraction of sp³-hybridized carbons (Fsp3) is 0.933. The third-order valence-corrected chi connectivity index (χ3v) is 4.94. The Bertz CT molecular complexity index is 295. The molecule has 1 aliphatic heterocycles. The summed E-state index contributed by atoms with van der Waals surface area (Å²) in [6.07, 6.45) is 8.13. The largest absolute Gasteiger partial charge is 0.393 e. The lowest BCUT2D eigenvalue weighted by Crippen LogP contribution is -2.45. The molecule has 0 spiro atoms. The first-order valence-electron chi connectivity index (χ1n) is 7.58. The van der Waals surface area contributed by atoms with E-state index < -0.39 is 0 Å². The molecular formula is C15H27NO2. The molecule has 1 saturated heterocycles. The average molecular weight is 253 g/mol. The van der Waals surface area contributed by atoms with Crippen LogP contribution in [0.3, 0.4) is 0 Å². The van der Waals surface area contributed by atoms with E-state index >= 15 is 0 Å². The first kappa shape index (κ1) is 13.9. The highest BCUT2D eigenvalue weighted by atomic mass is 16.3. The molecule has 2 fully saturated rings. The van der Waals surface area contributed by atoms with Gasteiger partial charge in [-0.2, -0.15) is 0 Å². The van der Waals surface area contributed by atoms with Gasteiger partial charge in [0.05, 0.1) is 6.10 Å². The maximum absolute atomic E-state index is 12.8. The van der Waals surface area contributed by atoms with Crippen molar-refractivity contribution in [1.29, 1.82) is 0 Å². The molecule has 0 radical (unpaired) electrons. The monoisotopic (exact) mass is 253 g/mol. The van der Waals surface area contributed by atoms with E-state index in [1.807, 2.05) is 6.92 Å². The Labute approximate surface area is 111 Å². The topological polar surface area (TPSA) is 40.5 Å². The number of amides is 1. The standard InChI is InChI=1S/C15H27NO2/c1-3-15(8-4-5-9-15)14(18)16-10-6-7-13(16)11-12(2)17/h12-13,17H,3-11H2,1-2H3. The smallest absolute Gasteiger partial charge is 0.229 e. The number of aliphatic hydroxyl groups excluding tert-OH is 1. The lowest BCUT2D eigenvalue weighted by atomic mass is 9.81. The van der Waals surface area contributed by atoms with Crippen molar-refractivity contribution in [3.63, 3.8) is 0 Å². The van der Waals surface area contributed by atoms with Gasteiger partial charge >= 0.3 is 0 Å². The van der Waals surface area contributed by atoms with E-state index in [9.17, 15) is 9.90 Å². The molecule has 0 aromatic carbocycles. The van der Waals surface area contributed by atoms with Crippen LogP contribution in [-0.4, -0.2) is 34.6 Å². The molecule has 1 saturated carbocycles. The van der Waals surface area contributed by atoms with Gasteiger partial charge in [0.15, 0.2) is 0 Å². The minimum absolute atomic E-state index is 0.0682. The minimum atomic E-state index is -0.301. The Morgan fingerprint density at radius 1 is 1.39 bits per heavy atom. The van der Waals surface area contributed by atoms with Crippen molar-refractivity contribution in [2.24, 2.45) is 5.41 Å². The van der Waals surface area contributed by atoms with Gasteiger partial charge in [0.25, 0.3) is 0 Å². The third-order valence-electron chi connectivity index (χ3n) is 4.94. The molecule has 3 nitrogen and oxygen atoms in total. The number of hydrogen-bond acceptors (Lipinski definition) is 2. The molecular weight excluding hydrogens is 226 g/mol. The van der Waals surface area contributed by atoms with Crippen LogP contribution in [0.25, 0.3) is 0 Å². The predicted molar refractivity (Wildman–Crippen MR) is 72.2 cm³/mol. The molecule has 2 unspecified atom stereocenters. The first-order chi connectivity index (χ1) is 8.59. The van der Waals surface area contributed by atoms with Crippen LogP contribution in [-0.2, 0) is 4.79 Å². The van der Waals surface area contributed by atoms with E-state index in [2.05, 4.69) is 11.8 Å². The Morgan fingerprint density at radius 3 is 2.61 bits per heavy atom. The molecule has 2 atom stereocenters. The van der Waals surface area contributed by atoms with E-state index in [4.69, 9.17) is 0 Å². The highest BCUT2D eigenvalue weighted by Gasteiger charge is 2.44. The summed E-state index contributed by atoms with van der Waals surface area (Å²) in [7, 11) is 0. The van der Waals surface area contributed by atoms with E-state index in [0.717, 1.165) is 45.1 Å². The number of carbonyl (C=O) groups excluding carboxylic acids is 1. The molecule has 104 valence electrons. The highest BCUT2D eigenvalue weighted by molar-refractivity contribution is 5.83. The maximum atomic E-state index is 12.8. The zero-order valence-corrected chi connectivity index (χ0v) is 11.8. The zero-order chi connectivity index (χ0) is 13.2. The van der Waals surface area contributed by atoms with Crippen LogP contribution < -0.4 is 0 Å². The summed E-state index contributed by atoms with van der Waals surface area (Å²) in [5.41, 5.74) is -0.0682. The Hall–Kier alpha value is -0.570. The molecule has 0 aromatic heterocycles. The van der Waals surface area contributed by atoms with Crippen molar-refractivity contribution in [2.45, 2.75) is 77.4 Å². The molecule has 3 heteroatoms. The van der Waals surface area contributed by atoms with E-state index in [-0.39, 0.29) is 17.6 Å². The molecule has 1 N–H and O–H groups in total. The Morgan fingerprint density at radius 2 is 2.06 bits per heavy atom. The fourth-order valence-corrected chi connectivity index (χ4v) is 3.82. The van der Waals surface area contributed by atoms with Crippen LogP contribution in [0, 0.1) is 5.41 Å². The van der Waals surface area contributed by atoms with Gasteiger partial charge in [0.1, 0.15) is 0 Å². The Kier molecular flexibility index (Phi) is 4.31. The summed E-state index contributed by atoms with van der Waals surface area (Å²) in [4.78, 5) is 14.9. The van der Waals surface area contributed by atoms with Crippen LogP contribution in [0.5, 0.6) is 0 Å². The van der Waals surface area contributed by atoms with Crippen LogP contribution in [0.1, 0.15) is 65.2 Å². The van der Waals surface area contributed by atoms with Gasteiger partial charge in [0, 0.05) is 18.0 Å². The zero-order valence-electron chi connectivity index (χ0n) is 11.8. The van der Waals surface area contributed by atoms with Gasteiger partial charge in [-0.3, -0.25) is 4.79 Å². The fourth-order valence-electron chi connectivity index (χ4n) is 3.82. The van der Waals surface area contributed by atoms with Gasteiger partial charge in [-0.1, -0.05) is 19.8 Å². The summed E-state index contributed by atoms with van der Waals surface area (Å²) < 4.78 is 0. The number of hydrogen-bond donors (Lipinski definition) is 1. The van der Waals surface area contributed by atoms with Crippen molar-refractivity contribution in [3.8, 4) is 0 Å². The van der Waals surface area contributed by atoms with Gasteiger partial charge in [0.2, 0.25) is 5.91 Å². The summed E-state index contributed by atoms with van der Waals surface area (Å²) in [5, 5.41) is 9.56. The summed E-state index contributed by atoms with van der Waals surface area (Å²) >= 11 is 0. The maximum Gasteiger partial charge on any atom is 0.229 e. The van der Waals surface area contributed by atoms with Crippen molar-refractivity contribution >= 4 is 5.91 Å². The third kappa shape index (κ3) is 2.56. The molecule has 1 heterocycles. The number of carbonyl (C=O) groups is 1. The lowest BCUT2D eigenvalue weighted by molar-refractivity contribution is -0.143. The quantitative estimate of drug-likeness (QED) is 0.837. The molecule has 18 heavy (non-hydrogen) atoms. The molecule has 1 aliphatic carbocycles. The van der Waals surface area contributed by atoms with Crippen LogP contribution in [0.15, 0.2) is 0 Å². The summed E-state index contributed by atoms with van der Waals surface area (Å²) in [6.45, 7) is 4.88. The van der Waals surface area contributed by atoms with Crippen molar-refractivity contribution in [2.75, 3.05) is 6.54 Å². The predicted octanol–water partition coefficient (Wildman–Crippen LogP) is 2.72. The number of likely N-dealkylation sites (tertiary alicyclic amines) is 1. The number of aliphatic hydroxyl groups is 1. The van der Waals surface area contributed by atoms with Crippen molar-refractivity contribution in [3.05, 3.63) is 0 Å². The van der Waals surface area contributed by atoms with Gasteiger partial charge in [-0.25, -0.2) is 0 Å². The number of rotatable bonds is 4. The summed E-state index contributed by atoms with van der Waals surface area (Å²) in [6, 6.07) is 0.279. The summed E-state index contributed by atoms with van der Waals surface area (Å²) in [5.74, 6) is 0.380. The van der Waals surface area contributed by atoms with Crippen LogP contribution in [0.2, 0.25) is 0 Å². The lowest BCUT2D eigenvalue weighted by Gasteiger charge is -2.35. The second-order valence-corrected chi connectivity index (χ2v) is 6.22. The molecule has 2 aliphatic rings. The normalized spacial score (nSPS) is 28.6. The van der Waals surface area contributed by atoms with Crippen LogP contribution in [0.4, 0.5) is 0 Å². The SMILES string of the molecule is CCC1(C(=O)N2CCCC2CC(C)O)CCCC1.